The fraction of sp³-hybridized carbons (Fsp3) is 0.895. The third-order valence-electron chi connectivity index (χ3n) is 5.51. The quantitative estimate of drug-likeness (QED) is 0.639. The fourth-order valence-electron chi connectivity index (χ4n) is 2.64. The predicted octanol–water partition coefficient (Wildman–Crippen LogP) is 4.65. The lowest BCUT2D eigenvalue weighted by Gasteiger charge is -2.33. The molecule has 0 aromatic heterocycles. The zero-order valence-electron chi connectivity index (χ0n) is 15.7. The first kappa shape index (κ1) is 20.0. The van der Waals surface area contributed by atoms with E-state index in [9.17, 15) is 9.59 Å². The molecule has 1 rings (SSSR count). The van der Waals surface area contributed by atoms with Crippen molar-refractivity contribution < 1.29 is 19.1 Å². The van der Waals surface area contributed by atoms with Crippen molar-refractivity contribution in [2.75, 3.05) is 0 Å². The van der Waals surface area contributed by atoms with Crippen LogP contribution < -0.4 is 0 Å². The van der Waals surface area contributed by atoms with Crippen LogP contribution in [0.4, 0.5) is 0 Å². The van der Waals surface area contributed by atoms with Crippen LogP contribution in [-0.2, 0) is 19.1 Å². The molecule has 0 aromatic rings. The molecule has 134 valence electrons. The fourth-order valence-corrected chi connectivity index (χ4v) is 2.64. The molecule has 0 radical (unpaired) electrons. The van der Waals surface area contributed by atoms with E-state index in [1.165, 1.54) is 0 Å². The molecular weight excluding hydrogens is 292 g/mol. The van der Waals surface area contributed by atoms with Gasteiger partial charge in [-0.3, -0.25) is 9.59 Å². The molecule has 2 atom stereocenters. The van der Waals surface area contributed by atoms with Gasteiger partial charge in [0.05, 0.1) is 11.3 Å². The molecule has 0 heterocycles. The average molecular weight is 326 g/mol. The van der Waals surface area contributed by atoms with Crippen molar-refractivity contribution in [3.8, 4) is 0 Å². The molecule has 1 fully saturated rings. The molecule has 0 bridgehead atoms. The van der Waals surface area contributed by atoms with Crippen LogP contribution in [0.5, 0.6) is 0 Å². The van der Waals surface area contributed by atoms with Crippen molar-refractivity contribution >= 4 is 11.9 Å². The summed E-state index contributed by atoms with van der Waals surface area (Å²) in [6.45, 7) is 11.8. The maximum Gasteiger partial charge on any atom is 0.311 e. The van der Waals surface area contributed by atoms with Gasteiger partial charge >= 0.3 is 11.9 Å². The van der Waals surface area contributed by atoms with E-state index in [-0.39, 0.29) is 29.6 Å². The lowest BCUT2D eigenvalue weighted by Crippen LogP contribution is -2.38. The second-order valence-electron chi connectivity index (χ2n) is 7.71. The topological polar surface area (TPSA) is 52.6 Å². The molecule has 1 aliphatic rings. The minimum Gasteiger partial charge on any atom is -0.462 e. The van der Waals surface area contributed by atoms with E-state index in [0.29, 0.717) is 6.42 Å². The summed E-state index contributed by atoms with van der Waals surface area (Å²) >= 11 is 0. The summed E-state index contributed by atoms with van der Waals surface area (Å²) in [5, 5.41) is 0. The minimum atomic E-state index is -0.462. The average Bonchev–Trinajstić information content (AvgIpc) is 2.54. The molecule has 0 aliphatic heterocycles. The van der Waals surface area contributed by atoms with Crippen molar-refractivity contribution in [2.45, 2.75) is 98.2 Å². The molecule has 1 aliphatic carbocycles. The number of carbonyl (C=O) groups is 2. The lowest BCUT2D eigenvalue weighted by atomic mass is 9.86. The number of hydrogen-bond donors (Lipinski definition) is 0. The zero-order valence-corrected chi connectivity index (χ0v) is 15.7. The number of rotatable bonds is 7. The summed E-state index contributed by atoms with van der Waals surface area (Å²) in [5.41, 5.74) is -0.846. The molecular formula is C19H34O4. The Morgan fingerprint density at radius 2 is 1.61 bits per heavy atom. The smallest absolute Gasteiger partial charge is 0.311 e. The molecule has 23 heavy (non-hydrogen) atoms. The van der Waals surface area contributed by atoms with Gasteiger partial charge in [-0.25, -0.2) is 0 Å². The van der Waals surface area contributed by atoms with E-state index in [2.05, 4.69) is 0 Å². The van der Waals surface area contributed by atoms with Crippen molar-refractivity contribution in [1.29, 1.82) is 0 Å². The number of ether oxygens (including phenoxy) is 2. The van der Waals surface area contributed by atoms with Crippen molar-refractivity contribution in [1.82, 2.24) is 0 Å². The summed E-state index contributed by atoms with van der Waals surface area (Å²) in [6.07, 6.45) is 5.37. The molecule has 4 heteroatoms. The monoisotopic (exact) mass is 326 g/mol. The standard InChI is InChI=1S/C19H34O4/c1-7-18(4,5)17(21)22-15-12-10-11-14(13-15)16(20)23-19(6,8-2)9-3/h14-15H,7-13H2,1-6H3. The molecule has 0 N–H and O–H groups in total. The van der Waals surface area contributed by atoms with Crippen LogP contribution >= 0.6 is 0 Å². The van der Waals surface area contributed by atoms with Crippen LogP contribution in [0.3, 0.4) is 0 Å². The Morgan fingerprint density at radius 3 is 2.13 bits per heavy atom. The first-order chi connectivity index (χ1) is 10.7. The molecule has 0 aromatic carbocycles. The molecule has 2 unspecified atom stereocenters. The van der Waals surface area contributed by atoms with E-state index in [4.69, 9.17) is 9.47 Å². The Balaban J connectivity index is 2.61. The Kier molecular flexibility index (Phi) is 7.09. The first-order valence-electron chi connectivity index (χ1n) is 9.11. The lowest BCUT2D eigenvalue weighted by molar-refractivity contribution is -0.172. The molecule has 4 nitrogen and oxygen atoms in total. The Labute approximate surface area is 141 Å². The van der Waals surface area contributed by atoms with Gasteiger partial charge in [-0.05, 0) is 65.7 Å². The van der Waals surface area contributed by atoms with E-state index in [1.54, 1.807) is 0 Å². The largest absolute Gasteiger partial charge is 0.462 e. The minimum absolute atomic E-state index is 0.133. The summed E-state index contributed by atoms with van der Waals surface area (Å²) < 4.78 is 11.4. The van der Waals surface area contributed by atoms with Gasteiger partial charge in [0.1, 0.15) is 11.7 Å². The molecule has 0 saturated heterocycles. The summed E-state index contributed by atoms with van der Waals surface area (Å²) in [6, 6.07) is 0. The van der Waals surface area contributed by atoms with Gasteiger partial charge in [0.15, 0.2) is 0 Å². The second-order valence-corrected chi connectivity index (χ2v) is 7.71. The van der Waals surface area contributed by atoms with Gasteiger partial charge in [0.25, 0.3) is 0 Å². The number of hydrogen-bond acceptors (Lipinski definition) is 4. The van der Waals surface area contributed by atoms with Gasteiger partial charge in [-0.1, -0.05) is 20.8 Å². The number of esters is 2. The Bertz CT molecular complexity index is 410. The van der Waals surface area contributed by atoms with Gasteiger partial charge in [0.2, 0.25) is 0 Å². The van der Waals surface area contributed by atoms with Gasteiger partial charge in [-0.15, -0.1) is 0 Å². The van der Waals surface area contributed by atoms with E-state index >= 15 is 0 Å². The Hall–Kier alpha value is -1.06. The van der Waals surface area contributed by atoms with Crippen molar-refractivity contribution in [2.24, 2.45) is 11.3 Å². The Morgan fingerprint density at radius 1 is 1.00 bits per heavy atom. The van der Waals surface area contributed by atoms with Crippen molar-refractivity contribution in [3.63, 3.8) is 0 Å². The maximum atomic E-state index is 12.5. The van der Waals surface area contributed by atoms with E-state index < -0.39 is 5.41 Å². The molecule has 0 spiro atoms. The second kappa shape index (κ2) is 8.16. The number of carbonyl (C=O) groups excluding carboxylic acids is 2. The van der Waals surface area contributed by atoms with Crippen LogP contribution in [0, 0.1) is 11.3 Å². The van der Waals surface area contributed by atoms with Crippen LogP contribution in [0.1, 0.15) is 86.5 Å². The van der Waals surface area contributed by atoms with Crippen LogP contribution in [0.15, 0.2) is 0 Å². The van der Waals surface area contributed by atoms with E-state index in [1.807, 2.05) is 41.5 Å². The first-order valence-corrected chi connectivity index (χ1v) is 9.11. The highest BCUT2D eigenvalue weighted by atomic mass is 16.6. The van der Waals surface area contributed by atoms with Gasteiger partial charge in [0, 0.05) is 0 Å². The highest BCUT2D eigenvalue weighted by Crippen LogP contribution is 2.32. The highest BCUT2D eigenvalue weighted by molar-refractivity contribution is 5.76. The summed E-state index contributed by atoms with van der Waals surface area (Å²) in [7, 11) is 0. The van der Waals surface area contributed by atoms with Crippen LogP contribution in [-0.4, -0.2) is 23.6 Å². The van der Waals surface area contributed by atoms with Gasteiger partial charge in [-0.2, -0.15) is 0 Å². The maximum absolute atomic E-state index is 12.5. The van der Waals surface area contributed by atoms with Crippen molar-refractivity contribution in [3.05, 3.63) is 0 Å². The molecule has 0 amide bonds. The highest BCUT2D eigenvalue weighted by Gasteiger charge is 2.36. The van der Waals surface area contributed by atoms with Crippen LogP contribution in [0.2, 0.25) is 0 Å². The predicted molar refractivity (Wildman–Crippen MR) is 91.0 cm³/mol. The zero-order chi connectivity index (χ0) is 17.7. The van der Waals surface area contributed by atoms with Crippen LogP contribution in [0.25, 0.3) is 0 Å². The SMILES string of the molecule is CCC(C)(CC)OC(=O)C1CCCC(OC(=O)C(C)(C)CC)C1. The van der Waals surface area contributed by atoms with E-state index in [0.717, 1.165) is 38.5 Å². The third kappa shape index (κ3) is 5.50. The molecule has 1 saturated carbocycles. The normalized spacial score (nSPS) is 22.5. The summed E-state index contributed by atoms with van der Waals surface area (Å²) in [4.78, 5) is 24.7. The van der Waals surface area contributed by atoms with Gasteiger partial charge < -0.3 is 9.47 Å². The third-order valence-corrected chi connectivity index (χ3v) is 5.51. The summed E-state index contributed by atoms with van der Waals surface area (Å²) in [5.74, 6) is -0.443.